The summed E-state index contributed by atoms with van der Waals surface area (Å²) in [4.78, 5) is 10.4. The summed E-state index contributed by atoms with van der Waals surface area (Å²) in [5, 5.41) is 11.4. The lowest BCUT2D eigenvalue weighted by atomic mass is 10.2. The van der Waals surface area contributed by atoms with E-state index in [1.54, 1.807) is 18.2 Å². The third-order valence-electron chi connectivity index (χ3n) is 2.70. The van der Waals surface area contributed by atoms with Crippen LogP contribution in [0.15, 0.2) is 34.8 Å². The Morgan fingerprint density at radius 1 is 1.38 bits per heavy atom. The maximum absolute atomic E-state index is 13.6. The molecule has 2 aromatic carbocycles. The molecule has 0 fully saturated rings. The van der Waals surface area contributed by atoms with E-state index >= 15 is 0 Å². The summed E-state index contributed by atoms with van der Waals surface area (Å²) < 4.78 is 19.0. The Morgan fingerprint density at radius 3 is 2.71 bits per heavy atom. The van der Waals surface area contributed by atoms with Crippen molar-refractivity contribution in [3.63, 3.8) is 0 Å². The Labute approximate surface area is 132 Å². The number of nitro groups is 1. The zero-order valence-electron chi connectivity index (χ0n) is 10.5. The lowest BCUT2D eigenvalue weighted by Gasteiger charge is -2.12. The number of benzene rings is 2. The van der Waals surface area contributed by atoms with Gasteiger partial charge in [0, 0.05) is 29.3 Å². The van der Waals surface area contributed by atoms with Crippen LogP contribution in [0.25, 0.3) is 0 Å². The highest BCUT2D eigenvalue weighted by Gasteiger charge is 2.20. The van der Waals surface area contributed by atoms with Crippen molar-refractivity contribution >= 4 is 33.2 Å². The maximum atomic E-state index is 13.6. The van der Waals surface area contributed by atoms with E-state index in [2.05, 4.69) is 15.9 Å². The summed E-state index contributed by atoms with van der Waals surface area (Å²) in [5.41, 5.74) is 5.69. The van der Waals surface area contributed by atoms with Crippen molar-refractivity contribution in [2.24, 2.45) is 5.73 Å². The third kappa shape index (κ3) is 3.31. The summed E-state index contributed by atoms with van der Waals surface area (Å²) in [6, 6.07) is 6.75. The number of nitrogens with zero attached hydrogens (tertiary/aromatic N) is 1. The second-order valence-electron chi connectivity index (χ2n) is 4.01. The summed E-state index contributed by atoms with van der Waals surface area (Å²) in [6.07, 6.45) is 0. The molecule has 0 saturated carbocycles. The molecular formula is C13H9BrClFN2O3. The molecular weight excluding hydrogens is 367 g/mol. The van der Waals surface area contributed by atoms with Crippen LogP contribution in [0.2, 0.25) is 5.02 Å². The molecule has 0 atom stereocenters. The predicted octanol–water partition coefficient (Wildman–Crippen LogP) is 4.40. The van der Waals surface area contributed by atoms with Crippen LogP contribution in [0.5, 0.6) is 11.5 Å². The highest BCUT2D eigenvalue weighted by Crippen LogP contribution is 2.37. The molecule has 0 amide bonds. The first-order valence-corrected chi connectivity index (χ1v) is 6.90. The van der Waals surface area contributed by atoms with Gasteiger partial charge in [0.2, 0.25) is 5.75 Å². The number of hydrogen-bond donors (Lipinski definition) is 1. The fraction of sp³-hybridized carbons (Fsp3) is 0.0769. The average molecular weight is 376 g/mol. The summed E-state index contributed by atoms with van der Waals surface area (Å²) in [5.74, 6) is -0.653. The number of ether oxygens (including phenoxy) is 1. The standard InChI is InChI=1S/C13H9BrClFN2O3/c14-8-4-11(18(19)20)13(5-10(8)16)21-12-3-1-2-9(15)7(12)6-17/h1-5H,6,17H2. The molecule has 0 aliphatic heterocycles. The van der Waals surface area contributed by atoms with Gasteiger partial charge in [-0.2, -0.15) is 0 Å². The molecule has 8 heteroatoms. The minimum atomic E-state index is -0.674. The Bertz CT molecular complexity index is 712. The molecule has 110 valence electrons. The first-order valence-electron chi connectivity index (χ1n) is 5.72. The van der Waals surface area contributed by atoms with Gasteiger partial charge in [-0.25, -0.2) is 4.39 Å². The Hall–Kier alpha value is -1.70. The first-order chi connectivity index (χ1) is 9.93. The molecule has 0 heterocycles. The van der Waals surface area contributed by atoms with Crippen molar-refractivity contribution in [1.82, 2.24) is 0 Å². The van der Waals surface area contributed by atoms with Crippen molar-refractivity contribution in [2.75, 3.05) is 0 Å². The van der Waals surface area contributed by atoms with Crippen molar-refractivity contribution in [1.29, 1.82) is 0 Å². The number of nitrogens with two attached hydrogens (primary N) is 1. The van der Waals surface area contributed by atoms with Crippen LogP contribution in [0, 0.1) is 15.9 Å². The van der Waals surface area contributed by atoms with Crippen molar-refractivity contribution < 1.29 is 14.1 Å². The van der Waals surface area contributed by atoms with E-state index in [1.807, 2.05) is 0 Å². The number of nitro benzene ring substituents is 1. The molecule has 2 rings (SSSR count). The van der Waals surface area contributed by atoms with Gasteiger partial charge in [0.05, 0.1) is 9.40 Å². The zero-order valence-corrected chi connectivity index (χ0v) is 12.8. The molecule has 0 spiro atoms. The van der Waals surface area contributed by atoms with Crippen molar-refractivity contribution in [3.8, 4) is 11.5 Å². The van der Waals surface area contributed by atoms with E-state index in [1.165, 1.54) is 0 Å². The van der Waals surface area contributed by atoms with E-state index in [9.17, 15) is 14.5 Å². The minimum absolute atomic E-state index is 0.0216. The largest absolute Gasteiger partial charge is 0.450 e. The number of halogens is 3. The molecule has 0 unspecified atom stereocenters. The molecule has 0 aliphatic rings. The highest BCUT2D eigenvalue weighted by atomic mass is 79.9. The molecule has 0 aliphatic carbocycles. The molecule has 0 aromatic heterocycles. The van der Waals surface area contributed by atoms with E-state index in [4.69, 9.17) is 22.1 Å². The van der Waals surface area contributed by atoms with Crippen LogP contribution in [0.4, 0.5) is 10.1 Å². The molecule has 0 bridgehead atoms. The Kier molecular flexibility index (Phi) is 4.76. The highest BCUT2D eigenvalue weighted by molar-refractivity contribution is 9.10. The van der Waals surface area contributed by atoms with E-state index < -0.39 is 10.7 Å². The summed E-state index contributed by atoms with van der Waals surface area (Å²) >= 11 is 8.88. The van der Waals surface area contributed by atoms with Gasteiger partial charge in [-0.15, -0.1) is 0 Å². The Balaban J connectivity index is 2.51. The molecule has 0 radical (unpaired) electrons. The monoisotopic (exact) mass is 374 g/mol. The lowest BCUT2D eigenvalue weighted by molar-refractivity contribution is -0.385. The van der Waals surface area contributed by atoms with E-state index in [-0.39, 0.29) is 28.2 Å². The second-order valence-corrected chi connectivity index (χ2v) is 5.28. The van der Waals surface area contributed by atoms with Crippen LogP contribution in [-0.4, -0.2) is 4.92 Å². The van der Waals surface area contributed by atoms with Gasteiger partial charge in [0.15, 0.2) is 0 Å². The molecule has 0 saturated heterocycles. The van der Waals surface area contributed by atoms with Gasteiger partial charge in [-0.3, -0.25) is 10.1 Å². The summed E-state index contributed by atoms with van der Waals surface area (Å²) in [6.45, 7) is 0.0851. The fourth-order valence-corrected chi connectivity index (χ4v) is 2.27. The minimum Gasteiger partial charge on any atom is -0.450 e. The van der Waals surface area contributed by atoms with Gasteiger partial charge in [0.25, 0.3) is 0 Å². The van der Waals surface area contributed by atoms with Crippen LogP contribution < -0.4 is 10.5 Å². The van der Waals surface area contributed by atoms with Crippen LogP contribution in [-0.2, 0) is 6.54 Å². The van der Waals surface area contributed by atoms with Gasteiger partial charge < -0.3 is 10.5 Å². The van der Waals surface area contributed by atoms with Crippen LogP contribution in [0.1, 0.15) is 5.56 Å². The fourth-order valence-electron chi connectivity index (χ4n) is 1.69. The second kappa shape index (κ2) is 6.38. The van der Waals surface area contributed by atoms with Crippen molar-refractivity contribution in [3.05, 3.63) is 61.3 Å². The zero-order chi connectivity index (χ0) is 15.6. The molecule has 21 heavy (non-hydrogen) atoms. The quantitative estimate of drug-likeness (QED) is 0.634. The average Bonchev–Trinajstić information content (AvgIpc) is 2.42. The predicted molar refractivity (Wildman–Crippen MR) is 80.2 cm³/mol. The van der Waals surface area contributed by atoms with Gasteiger partial charge in [-0.05, 0) is 28.1 Å². The van der Waals surface area contributed by atoms with Gasteiger partial charge in [0.1, 0.15) is 11.6 Å². The van der Waals surface area contributed by atoms with Gasteiger partial charge >= 0.3 is 5.69 Å². The normalized spacial score (nSPS) is 10.5. The first kappa shape index (κ1) is 15.7. The molecule has 2 aromatic rings. The van der Waals surface area contributed by atoms with E-state index in [0.717, 1.165) is 12.1 Å². The number of hydrogen-bond acceptors (Lipinski definition) is 4. The lowest BCUT2D eigenvalue weighted by Crippen LogP contribution is -2.02. The number of rotatable bonds is 4. The van der Waals surface area contributed by atoms with Gasteiger partial charge in [-0.1, -0.05) is 17.7 Å². The van der Waals surface area contributed by atoms with Crippen LogP contribution in [0.3, 0.4) is 0 Å². The SMILES string of the molecule is NCc1c(Cl)cccc1Oc1cc(F)c(Br)cc1[N+](=O)[O-]. The smallest absolute Gasteiger partial charge is 0.312 e. The van der Waals surface area contributed by atoms with Crippen LogP contribution >= 0.6 is 27.5 Å². The third-order valence-corrected chi connectivity index (χ3v) is 3.66. The Morgan fingerprint density at radius 2 is 2.10 bits per heavy atom. The van der Waals surface area contributed by atoms with E-state index in [0.29, 0.717) is 10.6 Å². The molecule has 5 nitrogen and oxygen atoms in total. The topological polar surface area (TPSA) is 78.4 Å². The summed E-state index contributed by atoms with van der Waals surface area (Å²) in [7, 11) is 0. The molecule has 2 N–H and O–H groups in total. The maximum Gasteiger partial charge on any atom is 0.312 e. The van der Waals surface area contributed by atoms with Crippen molar-refractivity contribution in [2.45, 2.75) is 6.54 Å².